The summed E-state index contributed by atoms with van der Waals surface area (Å²) in [5.41, 5.74) is 1.08. The Morgan fingerprint density at radius 1 is 1.39 bits per heavy atom. The lowest BCUT2D eigenvalue weighted by atomic mass is 10.2. The summed E-state index contributed by atoms with van der Waals surface area (Å²) in [5, 5.41) is 4.04. The first-order valence-corrected chi connectivity index (χ1v) is 8.08. The average Bonchev–Trinajstić information content (AvgIpc) is 2.75. The topological polar surface area (TPSA) is 52.9 Å². The number of hydrogen-bond acceptors (Lipinski definition) is 2. The lowest BCUT2D eigenvalue weighted by Crippen LogP contribution is -2.41. The highest BCUT2D eigenvalue weighted by molar-refractivity contribution is 6.30. The molecule has 0 radical (unpaired) electrons. The third-order valence-corrected chi connectivity index (χ3v) is 3.57. The van der Waals surface area contributed by atoms with Gasteiger partial charge in [0.2, 0.25) is 5.91 Å². The van der Waals surface area contributed by atoms with Crippen LogP contribution in [0, 0.1) is 5.92 Å². The summed E-state index contributed by atoms with van der Waals surface area (Å²) in [6.07, 6.45) is 1.87. The van der Waals surface area contributed by atoms with Crippen molar-refractivity contribution in [3.05, 3.63) is 23.0 Å². The first-order valence-electron chi connectivity index (χ1n) is 7.71. The molecule has 0 bridgehead atoms. The van der Waals surface area contributed by atoms with E-state index < -0.39 is 0 Å². The summed E-state index contributed by atoms with van der Waals surface area (Å²) in [5.74, 6) is 1.18. The Labute approximate surface area is 144 Å². The number of nitrogens with zero attached hydrogens (tertiary/aromatic N) is 4. The second-order valence-corrected chi connectivity index (χ2v) is 6.76. The Morgan fingerprint density at radius 3 is 2.52 bits per heavy atom. The monoisotopic (exact) mass is 341 g/mol. The molecule has 0 aliphatic carbocycles. The van der Waals surface area contributed by atoms with E-state index in [0.717, 1.165) is 12.2 Å². The van der Waals surface area contributed by atoms with Crippen LogP contribution >= 0.6 is 11.6 Å². The van der Waals surface area contributed by atoms with Gasteiger partial charge in [-0.25, -0.2) is 4.99 Å². The molecule has 0 spiro atoms. The highest BCUT2D eigenvalue weighted by Gasteiger charge is 2.12. The van der Waals surface area contributed by atoms with Gasteiger partial charge >= 0.3 is 0 Å². The number of nitrogens with one attached hydrogen (secondary N) is 1. The zero-order valence-electron chi connectivity index (χ0n) is 14.9. The van der Waals surface area contributed by atoms with Crippen LogP contribution in [0.2, 0.25) is 5.02 Å². The zero-order valence-corrected chi connectivity index (χ0v) is 15.7. The molecule has 1 rings (SSSR count). The minimum atomic E-state index is -0.0239. The van der Waals surface area contributed by atoms with Gasteiger partial charge in [0.05, 0.1) is 11.6 Å². The lowest BCUT2D eigenvalue weighted by molar-refractivity contribution is -0.127. The molecule has 0 atom stereocenters. The lowest BCUT2D eigenvalue weighted by Gasteiger charge is -2.23. The Kier molecular flexibility index (Phi) is 7.42. The number of aliphatic imine (C=N–C) groups is 1. The third kappa shape index (κ3) is 6.52. The van der Waals surface area contributed by atoms with E-state index in [0.29, 0.717) is 23.4 Å². The van der Waals surface area contributed by atoms with Gasteiger partial charge in [0.1, 0.15) is 6.54 Å². The van der Waals surface area contributed by atoms with E-state index in [-0.39, 0.29) is 12.5 Å². The van der Waals surface area contributed by atoms with Gasteiger partial charge in [-0.05, 0) is 12.0 Å². The van der Waals surface area contributed by atoms with Gasteiger partial charge < -0.3 is 19.7 Å². The molecule has 23 heavy (non-hydrogen) atoms. The first-order chi connectivity index (χ1) is 10.7. The number of likely N-dealkylation sites (N-methyl/N-ethyl adjacent to an activating group) is 1. The zero-order chi connectivity index (χ0) is 17.6. The molecule has 0 aliphatic heterocycles. The summed E-state index contributed by atoms with van der Waals surface area (Å²) in [4.78, 5) is 19.8. The molecule has 1 N–H and O–H groups in total. The molecule has 6 nitrogen and oxygen atoms in total. The van der Waals surface area contributed by atoms with Gasteiger partial charge in [0.25, 0.3) is 0 Å². The van der Waals surface area contributed by atoms with Crippen LogP contribution in [-0.4, -0.2) is 60.5 Å². The number of guanidine groups is 1. The highest BCUT2D eigenvalue weighted by Crippen LogP contribution is 2.14. The summed E-state index contributed by atoms with van der Waals surface area (Å²) in [6, 6.07) is 1.93. The minimum absolute atomic E-state index is 0.0239. The SMILES string of the molecule is CC(C)CNC(=NCC(=O)N(C)C)N(C)Cc1cc(Cl)cn1C. The van der Waals surface area contributed by atoms with Crippen molar-refractivity contribution in [2.75, 3.05) is 34.2 Å². The van der Waals surface area contributed by atoms with Crippen molar-refractivity contribution >= 4 is 23.5 Å². The van der Waals surface area contributed by atoms with Crippen molar-refractivity contribution in [2.24, 2.45) is 18.0 Å². The summed E-state index contributed by atoms with van der Waals surface area (Å²) < 4.78 is 1.99. The largest absolute Gasteiger partial charge is 0.356 e. The van der Waals surface area contributed by atoms with Crippen LogP contribution in [0.25, 0.3) is 0 Å². The van der Waals surface area contributed by atoms with Crippen LogP contribution in [0.4, 0.5) is 0 Å². The van der Waals surface area contributed by atoms with Crippen molar-refractivity contribution in [3.8, 4) is 0 Å². The number of carbonyl (C=O) groups is 1. The summed E-state index contributed by atoms with van der Waals surface area (Å²) in [6.45, 7) is 5.85. The maximum atomic E-state index is 11.8. The Hall–Kier alpha value is -1.69. The maximum absolute atomic E-state index is 11.8. The molecule has 7 heteroatoms. The normalized spacial score (nSPS) is 11.7. The van der Waals surface area contributed by atoms with Crippen LogP contribution in [-0.2, 0) is 18.4 Å². The van der Waals surface area contributed by atoms with Crippen molar-refractivity contribution in [3.63, 3.8) is 0 Å². The molecule has 0 unspecified atom stereocenters. The number of halogens is 1. The van der Waals surface area contributed by atoms with E-state index in [1.807, 2.05) is 35.8 Å². The number of amides is 1. The fourth-order valence-corrected chi connectivity index (χ4v) is 2.20. The van der Waals surface area contributed by atoms with Crippen LogP contribution in [0.15, 0.2) is 17.3 Å². The smallest absolute Gasteiger partial charge is 0.243 e. The second-order valence-electron chi connectivity index (χ2n) is 6.32. The first kappa shape index (κ1) is 19.4. The van der Waals surface area contributed by atoms with Gasteiger partial charge in [-0.1, -0.05) is 25.4 Å². The fourth-order valence-electron chi connectivity index (χ4n) is 1.93. The van der Waals surface area contributed by atoms with E-state index in [1.54, 1.807) is 19.0 Å². The van der Waals surface area contributed by atoms with E-state index in [4.69, 9.17) is 11.6 Å². The van der Waals surface area contributed by atoms with E-state index in [2.05, 4.69) is 24.2 Å². The molecule has 0 aliphatic rings. The summed E-state index contributed by atoms with van der Waals surface area (Å²) >= 11 is 6.03. The Morgan fingerprint density at radius 2 is 2.04 bits per heavy atom. The molecule has 1 amide bonds. The van der Waals surface area contributed by atoms with Crippen molar-refractivity contribution in [2.45, 2.75) is 20.4 Å². The van der Waals surface area contributed by atoms with Crippen LogP contribution in [0.5, 0.6) is 0 Å². The Bertz CT molecular complexity index is 551. The predicted molar refractivity (Wildman–Crippen MR) is 95.7 cm³/mol. The van der Waals surface area contributed by atoms with Gasteiger partial charge in [-0.2, -0.15) is 0 Å². The van der Waals surface area contributed by atoms with E-state index >= 15 is 0 Å². The Balaban J connectivity index is 2.82. The van der Waals surface area contributed by atoms with Gasteiger partial charge in [-0.15, -0.1) is 0 Å². The quantitative estimate of drug-likeness (QED) is 0.634. The van der Waals surface area contributed by atoms with Gasteiger partial charge in [-0.3, -0.25) is 4.79 Å². The van der Waals surface area contributed by atoms with Crippen molar-refractivity contribution in [1.82, 2.24) is 19.7 Å². The van der Waals surface area contributed by atoms with E-state index in [1.165, 1.54) is 0 Å². The molecule has 1 aromatic rings. The second kappa shape index (κ2) is 8.82. The van der Waals surface area contributed by atoms with Gasteiger partial charge in [0.15, 0.2) is 5.96 Å². The number of aromatic nitrogens is 1. The van der Waals surface area contributed by atoms with Crippen LogP contribution in [0.3, 0.4) is 0 Å². The van der Waals surface area contributed by atoms with Crippen molar-refractivity contribution in [1.29, 1.82) is 0 Å². The molecule has 0 fully saturated rings. The maximum Gasteiger partial charge on any atom is 0.243 e. The minimum Gasteiger partial charge on any atom is -0.356 e. The van der Waals surface area contributed by atoms with Gasteiger partial charge in [0, 0.05) is 46.6 Å². The molecular weight excluding hydrogens is 314 g/mol. The van der Waals surface area contributed by atoms with Crippen LogP contribution < -0.4 is 5.32 Å². The number of rotatable bonds is 6. The summed E-state index contributed by atoms with van der Waals surface area (Å²) in [7, 11) is 7.37. The molecule has 1 heterocycles. The highest BCUT2D eigenvalue weighted by atomic mass is 35.5. The fraction of sp³-hybridized carbons (Fsp3) is 0.625. The third-order valence-electron chi connectivity index (χ3n) is 3.37. The number of hydrogen-bond donors (Lipinski definition) is 1. The molecule has 0 saturated heterocycles. The molecule has 1 aromatic heterocycles. The standard InChI is InChI=1S/C16H28ClN5O/c1-12(2)8-18-16(19-9-15(23)20(3)4)22(6)11-14-7-13(17)10-21(14)5/h7,10,12H,8-9,11H2,1-6H3,(H,18,19). The molecule has 130 valence electrons. The predicted octanol–water partition coefficient (Wildman–Crippen LogP) is 1.80. The number of aryl methyl sites for hydroxylation is 1. The molecule has 0 aromatic carbocycles. The van der Waals surface area contributed by atoms with Crippen molar-refractivity contribution < 1.29 is 4.79 Å². The average molecular weight is 342 g/mol. The molecule has 0 saturated carbocycles. The molecular formula is C16H28ClN5O. The van der Waals surface area contributed by atoms with Crippen LogP contribution in [0.1, 0.15) is 19.5 Å². The number of carbonyl (C=O) groups excluding carboxylic acids is 1. The van der Waals surface area contributed by atoms with E-state index in [9.17, 15) is 4.79 Å².